The number of hydrogen-bond donors (Lipinski definition) is 2. The Morgan fingerprint density at radius 2 is 2.24 bits per heavy atom. The summed E-state index contributed by atoms with van der Waals surface area (Å²) in [5.41, 5.74) is 0.442. The number of aromatic nitrogens is 1. The van der Waals surface area contributed by atoms with E-state index < -0.39 is 5.97 Å². The van der Waals surface area contributed by atoms with E-state index in [1.165, 1.54) is 18.3 Å². The Hall–Kier alpha value is -1.91. The van der Waals surface area contributed by atoms with Gasteiger partial charge in [-0.1, -0.05) is 6.92 Å². The maximum absolute atomic E-state index is 11.7. The summed E-state index contributed by atoms with van der Waals surface area (Å²) in [6, 6.07) is 2.65. The number of rotatable bonds is 4. The van der Waals surface area contributed by atoms with Crippen molar-refractivity contribution in [1.82, 2.24) is 10.3 Å². The number of carbonyl (C=O) groups excluding carboxylic acids is 1. The highest BCUT2D eigenvalue weighted by Crippen LogP contribution is 2.44. The smallest absolute Gasteiger partial charge is 0.335 e. The fraction of sp³-hybridized carbons (Fsp3) is 0.417. The zero-order valence-corrected chi connectivity index (χ0v) is 9.56. The summed E-state index contributed by atoms with van der Waals surface area (Å²) < 4.78 is 0. The van der Waals surface area contributed by atoms with Crippen molar-refractivity contribution in [2.24, 2.45) is 5.41 Å². The molecule has 2 rings (SSSR count). The highest BCUT2D eigenvalue weighted by molar-refractivity contribution is 5.95. The van der Waals surface area contributed by atoms with Gasteiger partial charge in [0.25, 0.3) is 5.91 Å². The Morgan fingerprint density at radius 1 is 1.53 bits per heavy atom. The van der Waals surface area contributed by atoms with Crippen LogP contribution in [0.2, 0.25) is 0 Å². The van der Waals surface area contributed by atoms with E-state index in [1.54, 1.807) is 0 Å². The molecule has 5 heteroatoms. The standard InChI is InChI=1S/C12H14N2O3/c1-12(3-4-12)7-14-10(15)9-6-8(11(16)17)2-5-13-9/h2,5-6H,3-4,7H2,1H3,(H,14,15)(H,16,17). The van der Waals surface area contributed by atoms with Crippen molar-refractivity contribution in [3.63, 3.8) is 0 Å². The molecule has 1 aromatic rings. The normalized spacial score (nSPS) is 16.3. The summed E-state index contributed by atoms with van der Waals surface area (Å²) in [5.74, 6) is -1.38. The molecule has 17 heavy (non-hydrogen) atoms. The van der Waals surface area contributed by atoms with E-state index in [4.69, 9.17) is 5.11 Å². The number of carboxylic acids is 1. The van der Waals surface area contributed by atoms with Gasteiger partial charge in [-0.05, 0) is 30.4 Å². The zero-order valence-electron chi connectivity index (χ0n) is 9.56. The van der Waals surface area contributed by atoms with E-state index in [0.717, 1.165) is 12.8 Å². The van der Waals surface area contributed by atoms with Gasteiger partial charge in [0.1, 0.15) is 5.69 Å². The minimum atomic E-state index is -1.06. The molecule has 1 saturated carbocycles. The van der Waals surface area contributed by atoms with Gasteiger partial charge in [-0.3, -0.25) is 9.78 Å². The van der Waals surface area contributed by atoms with Crippen LogP contribution in [-0.4, -0.2) is 28.5 Å². The van der Waals surface area contributed by atoms with Crippen LogP contribution in [0.3, 0.4) is 0 Å². The minimum Gasteiger partial charge on any atom is -0.478 e. The van der Waals surface area contributed by atoms with Crippen LogP contribution in [-0.2, 0) is 0 Å². The zero-order chi connectivity index (χ0) is 12.5. The molecule has 5 nitrogen and oxygen atoms in total. The second kappa shape index (κ2) is 4.16. The Balaban J connectivity index is 2.03. The molecular weight excluding hydrogens is 220 g/mol. The van der Waals surface area contributed by atoms with E-state index in [0.29, 0.717) is 6.54 Å². The summed E-state index contributed by atoms with van der Waals surface area (Å²) in [6.07, 6.45) is 3.57. The van der Waals surface area contributed by atoms with Crippen LogP contribution in [0.25, 0.3) is 0 Å². The molecule has 90 valence electrons. The van der Waals surface area contributed by atoms with Crippen LogP contribution in [0.1, 0.15) is 40.6 Å². The molecule has 0 aliphatic heterocycles. The molecule has 2 N–H and O–H groups in total. The molecule has 1 heterocycles. The minimum absolute atomic E-state index is 0.0720. The first-order valence-electron chi connectivity index (χ1n) is 5.48. The number of pyridine rings is 1. The molecule has 1 aliphatic carbocycles. The Kier molecular flexibility index (Phi) is 2.83. The first kappa shape index (κ1) is 11.6. The first-order valence-corrected chi connectivity index (χ1v) is 5.48. The van der Waals surface area contributed by atoms with Gasteiger partial charge in [-0.15, -0.1) is 0 Å². The number of carboxylic acid groups (broad SMARTS) is 1. The van der Waals surface area contributed by atoms with E-state index in [-0.39, 0.29) is 22.6 Å². The summed E-state index contributed by atoms with van der Waals surface area (Å²) in [4.78, 5) is 26.3. The Morgan fingerprint density at radius 3 is 2.82 bits per heavy atom. The predicted molar refractivity (Wildman–Crippen MR) is 60.9 cm³/mol. The molecule has 0 saturated heterocycles. The molecule has 1 aliphatic rings. The van der Waals surface area contributed by atoms with Gasteiger partial charge >= 0.3 is 5.97 Å². The van der Waals surface area contributed by atoms with Crippen molar-refractivity contribution in [2.45, 2.75) is 19.8 Å². The van der Waals surface area contributed by atoms with Crippen LogP contribution in [0.4, 0.5) is 0 Å². The summed E-state index contributed by atoms with van der Waals surface area (Å²) in [5, 5.41) is 11.6. The maximum atomic E-state index is 11.7. The number of nitrogens with zero attached hydrogens (tertiary/aromatic N) is 1. The van der Waals surface area contributed by atoms with Gasteiger partial charge in [-0.25, -0.2) is 4.79 Å². The van der Waals surface area contributed by atoms with Gasteiger partial charge in [0.15, 0.2) is 0 Å². The van der Waals surface area contributed by atoms with Crippen molar-refractivity contribution in [3.05, 3.63) is 29.6 Å². The van der Waals surface area contributed by atoms with Crippen molar-refractivity contribution < 1.29 is 14.7 Å². The van der Waals surface area contributed by atoms with Gasteiger partial charge in [0.05, 0.1) is 5.56 Å². The third-order valence-electron chi connectivity index (χ3n) is 3.02. The topological polar surface area (TPSA) is 79.3 Å². The fourth-order valence-corrected chi connectivity index (χ4v) is 1.46. The monoisotopic (exact) mass is 234 g/mol. The number of aromatic carboxylic acids is 1. The molecule has 0 atom stereocenters. The SMILES string of the molecule is CC1(CNC(=O)c2cc(C(=O)O)ccn2)CC1. The van der Waals surface area contributed by atoms with E-state index >= 15 is 0 Å². The van der Waals surface area contributed by atoms with Gasteiger partial charge < -0.3 is 10.4 Å². The summed E-state index contributed by atoms with van der Waals surface area (Å²) >= 11 is 0. The van der Waals surface area contributed by atoms with Gasteiger partial charge in [0, 0.05) is 12.7 Å². The van der Waals surface area contributed by atoms with Crippen LogP contribution >= 0.6 is 0 Å². The lowest BCUT2D eigenvalue weighted by Crippen LogP contribution is -2.29. The molecule has 0 aromatic carbocycles. The predicted octanol–water partition coefficient (Wildman–Crippen LogP) is 1.31. The van der Waals surface area contributed by atoms with Crippen LogP contribution in [0.15, 0.2) is 18.3 Å². The largest absolute Gasteiger partial charge is 0.478 e. The molecule has 1 aromatic heterocycles. The molecule has 1 amide bonds. The number of carbonyl (C=O) groups is 2. The molecule has 0 spiro atoms. The third-order valence-corrected chi connectivity index (χ3v) is 3.02. The lowest BCUT2D eigenvalue weighted by Gasteiger charge is -2.09. The van der Waals surface area contributed by atoms with Gasteiger partial charge in [0.2, 0.25) is 0 Å². The first-order chi connectivity index (χ1) is 8.00. The molecule has 0 radical (unpaired) electrons. The van der Waals surface area contributed by atoms with Crippen molar-refractivity contribution in [2.75, 3.05) is 6.54 Å². The lowest BCUT2D eigenvalue weighted by atomic mass is 10.1. The summed E-state index contributed by atoms with van der Waals surface area (Å²) in [7, 11) is 0. The van der Waals surface area contributed by atoms with Gasteiger partial charge in [-0.2, -0.15) is 0 Å². The van der Waals surface area contributed by atoms with Crippen LogP contribution < -0.4 is 5.32 Å². The number of amides is 1. The molecular formula is C12H14N2O3. The maximum Gasteiger partial charge on any atom is 0.335 e. The highest BCUT2D eigenvalue weighted by atomic mass is 16.4. The van der Waals surface area contributed by atoms with E-state index in [2.05, 4.69) is 17.2 Å². The molecule has 1 fully saturated rings. The van der Waals surface area contributed by atoms with E-state index in [1.807, 2.05) is 0 Å². The fourth-order valence-electron chi connectivity index (χ4n) is 1.46. The number of nitrogens with one attached hydrogen (secondary N) is 1. The Bertz CT molecular complexity index is 467. The van der Waals surface area contributed by atoms with Crippen LogP contribution in [0, 0.1) is 5.41 Å². The second-order valence-electron chi connectivity index (χ2n) is 4.73. The van der Waals surface area contributed by atoms with Crippen molar-refractivity contribution in [3.8, 4) is 0 Å². The van der Waals surface area contributed by atoms with Crippen molar-refractivity contribution >= 4 is 11.9 Å². The third kappa shape index (κ3) is 2.81. The number of hydrogen-bond acceptors (Lipinski definition) is 3. The highest BCUT2D eigenvalue weighted by Gasteiger charge is 2.37. The van der Waals surface area contributed by atoms with Crippen LogP contribution in [0.5, 0.6) is 0 Å². The summed E-state index contributed by atoms with van der Waals surface area (Å²) in [6.45, 7) is 2.72. The van der Waals surface area contributed by atoms with E-state index in [9.17, 15) is 9.59 Å². The van der Waals surface area contributed by atoms with Crippen molar-refractivity contribution in [1.29, 1.82) is 0 Å². The average Bonchev–Trinajstić information content (AvgIpc) is 3.05. The Labute approximate surface area is 98.9 Å². The average molecular weight is 234 g/mol. The quantitative estimate of drug-likeness (QED) is 0.823. The second-order valence-corrected chi connectivity index (χ2v) is 4.73. The lowest BCUT2D eigenvalue weighted by molar-refractivity contribution is 0.0696. The molecule has 0 bridgehead atoms. The molecule has 0 unspecified atom stereocenters.